The van der Waals surface area contributed by atoms with Crippen LogP contribution in [-0.2, 0) is 4.79 Å². The third kappa shape index (κ3) is 3.37. The fourth-order valence-electron chi connectivity index (χ4n) is 5.08. The van der Waals surface area contributed by atoms with Crippen molar-refractivity contribution in [3.8, 4) is 17.3 Å². The molecule has 0 spiro atoms. The van der Waals surface area contributed by atoms with E-state index in [-0.39, 0.29) is 17.9 Å². The van der Waals surface area contributed by atoms with Gasteiger partial charge >= 0.3 is 0 Å². The van der Waals surface area contributed by atoms with Crippen LogP contribution >= 0.6 is 0 Å². The first kappa shape index (κ1) is 20.6. The molecule has 1 N–H and O–H groups in total. The van der Waals surface area contributed by atoms with Crippen LogP contribution < -0.4 is 14.8 Å². The number of methoxy groups -OCH3 is 1. The Morgan fingerprint density at radius 2 is 1.97 bits per heavy atom. The fraction of sp³-hybridized carbons (Fsp3) is 0.375. The first-order valence-electron chi connectivity index (χ1n) is 11.5. The summed E-state index contributed by atoms with van der Waals surface area (Å²) in [5.41, 5.74) is 3.34. The van der Waals surface area contributed by atoms with Crippen LogP contribution in [0.5, 0.6) is 11.5 Å². The maximum Gasteiger partial charge on any atom is 0.226 e. The van der Waals surface area contributed by atoms with Crippen molar-refractivity contribution >= 4 is 17.4 Å². The molecule has 4 aromatic rings. The molecule has 174 valence electrons. The zero-order valence-corrected chi connectivity index (χ0v) is 19.1. The van der Waals surface area contributed by atoms with Gasteiger partial charge in [-0.3, -0.25) is 4.79 Å². The van der Waals surface area contributed by atoms with Crippen molar-refractivity contribution in [1.29, 1.82) is 0 Å². The molecule has 1 aromatic carbocycles. The van der Waals surface area contributed by atoms with E-state index < -0.39 is 0 Å². The van der Waals surface area contributed by atoms with E-state index in [9.17, 15) is 4.79 Å². The molecule has 1 aliphatic carbocycles. The number of para-hydroxylation sites is 1. The number of carbonyl (C=O) groups is 1. The van der Waals surface area contributed by atoms with Crippen LogP contribution in [-0.4, -0.2) is 48.7 Å². The van der Waals surface area contributed by atoms with Gasteiger partial charge in [-0.15, -0.1) is 15.3 Å². The summed E-state index contributed by atoms with van der Waals surface area (Å²) in [7, 11) is 1.65. The Morgan fingerprint density at radius 1 is 1.12 bits per heavy atom. The Bertz CT molecular complexity index is 1390. The lowest BCUT2D eigenvalue weighted by molar-refractivity contribution is -0.116. The van der Waals surface area contributed by atoms with Gasteiger partial charge in [-0.2, -0.15) is 14.3 Å². The minimum atomic E-state index is -0.220. The highest BCUT2D eigenvalue weighted by Gasteiger charge is 2.36. The molecular formula is C24H25N7O3. The molecule has 2 aliphatic rings. The van der Waals surface area contributed by atoms with Crippen LogP contribution in [0.15, 0.2) is 36.7 Å². The number of nitrogens with one attached hydrogen (secondary N) is 1. The van der Waals surface area contributed by atoms with E-state index in [1.165, 1.54) is 19.2 Å². The second-order valence-corrected chi connectivity index (χ2v) is 8.79. The minimum absolute atomic E-state index is 0.0846. The second kappa shape index (κ2) is 8.12. The number of nitrogens with zero attached hydrogens (tertiary/aromatic N) is 6. The van der Waals surface area contributed by atoms with Crippen molar-refractivity contribution in [3.05, 3.63) is 53.5 Å². The van der Waals surface area contributed by atoms with Gasteiger partial charge in [0.2, 0.25) is 5.91 Å². The van der Waals surface area contributed by atoms with E-state index in [1.807, 2.05) is 37.3 Å². The third-order valence-corrected chi connectivity index (χ3v) is 6.66. The number of rotatable bonds is 5. The standard InChI is InChI=1S/C24H25N7O3/c1-14-22-17(16-8-5-9-18(33-2)23(16)34-15-6-3-4-7-15)12-21(32)26-24(22)31(28-14)20-11-10-19-27-25-13-30(19)29-20/h5,8-11,13,15,17H,3-4,6-7,12H2,1-2H3,(H,26,32). The zero-order valence-electron chi connectivity index (χ0n) is 19.1. The number of carbonyl (C=O) groups excluding carboxylic acids is 1. The summed E-state index contributed by atoms with van der Waals surface area (Å²) < 4.78 is 15.4. The van der Waals surface area contributed by atoms with Gasteiger partial charge in [-0.05, 0) is 50.8 Å². The molecule has 6 rings (SSSR count). The first-order chi connectivity index (χ1) is 16.6. The van der Waals surface area contributed by atoms with Gasteiger partial charge in [-0.1, -0.05) is 12.1 Å². The molecule has 1 unspecified atom stereocenters. The monoisotopic (exact) mass is 459 g/mol. The number of hydrogen-bond donors (Lipinski definition) is 1. The predicted molar refractivity (Wildman–Crippen MR) is 124 cm³/mol. The molecule has 10 nitrogen and oxygen atoms in total. The fourth-order valence-corrected chi connectivity index (χ4v) is 5.08. The molecule has 4 heterocycles. The van der Waals surface area contributed by atoms with Crippen molar-refractivity contribution in [1.82, 2.24) is 29.6 Å². The molecule has 0 radical (unpaired) electrons. The Labute approximate surface area is 195 Å². The van der Waals surface area contributed by atoms with Gasteiger partial charge in [-0.25, -0.2) is 0 Å². The molecule has 34 heavy (non-hydrogen) atoms. The number of benzene rings is 1. The quantitative estimate of drug-likeness (QED) is 0.487. The Balaban J connectivity index is 1.48. The lowest BCUT2D eigenvalue weighted by Crippen LogP contribution is -2.26. The van der Waals surface area contributed by atoms with Crippen molar-refractivity contribution in [2.24, 2.45) is 0 Å². The molecule has 1 amide bonds. The van der Waals surface area contributed by atoms with Gasteiger partial charge in [0.15, 0.2) is 23.0 Å². The molecule has 1 saturated carbocycles. The van der Waals surface area contributed by atoms with E-state index >= 15 is 0 Å². The predicted octanol–water partition coefficient (Wildman–Crippen LogP) is 3.42. The number of anilines is 1. The molecule has 10 heteroatoms. The topological polar surface area (TPSA) is 108 Å². The molecule has 1 atom stereocenters. The molecule has 3 aromatic heterocycles. The molecular weight excluding hydrogens is 434 g/mol. The van der Waals surface area contributed by atoms with Crippen LogP contribution in [0.25, 0.3) is 11.5 Å². The molecule has 0 bridgehead atoms. The van der Waals surface area contributed by atoms with E-state index in [0.29, 0.717) is 29.5 Å². The Hall–Kier alpha value is -3.95. The van der Waals surface area contributed by atoms with Crippen molar-refractivity contribution in [2.45, 2.75) is 51.0 Å². The van der Waals surface area contributed by atoms with E-state index in [4.69, 9.17) is 14.6 Å². The number of ether oxygens (including phenoxy) is 2. The normalized spacial score (nSPS) is 18.2. The van der Waals surface area contributed by atoms with Gasteiger partial charge in [0.05, 0.1) is 18.9 Å². The Morgan fingerprint density at radius 3 is 2.79 bits per heavy atom. The summed E-state index contributed by atoms with van der Waals surface area (Å²) in [5, 5.41) is 20.2. The van der Waals surface area contributed by atoms with Crippen molar-refractivity contribution < 1.29 is 14.3 Å². The summed E-state index contributed by atoms with van der Waals surface area (Å²) in [4.78, 5) is 12.9. The van der Waals surface area contributed by atoms with Crippen molar-refractivity contribution in [2.75, 3.05) is 12.4 Å². The van der Waals surface area contributed by atoms with Crippen LogP contribution in [0.4, 0.5) is 5.82 Å². The molecule has 1 aliphatic heterocycles. The maximum atomic E-state index is 12.9. The molecule has 0 saturated heterocycles. The van der Waals surface area contributed by atoms with Crippen LogP contribution in [0.2, 0.25) is 0 Å². The summed E-state index contributed by atoms with van der Waals surface area (Å²) in [6.07, 6.45) is 6.39. The summed E-state index contributed by atoms with van der Waals surface area (Å²) in [6, 6.07) is 9.51. The van der Waals surface area contributed by atoms with Gasteiger partial charge < -0.3 is 14.8 Å². The number of fused-ring (bicyclic) bond motifs is 2. The van der Waals surface area contributed by atoms with Gasteiger partial charge in [0.25, 0.3) is 0 Å². The number of aromatic nitrogens is 6. The van der Waals surface area contributed by atoms with E-state index in [1.54, 1.807) is 16.3 Å². The van der Waals surface area contributed by atoms with E-state index in [0.717, 1.165) is 35.4 Å². The number of aryl methyl sites for hydroxylation is 1. The summed E-state index contributed by atoms with van der Waals surface area (Å²) in [5.74, 6) is 2.28. The SMILES string of the molecule is COc1cccc(C2CC(=O)Nc3c2c(C)nn3-c2ccc3nncn3n2)c1OC1CCCC1. The highest BCUT2D eigenvalue weighted by atomic mass is 16.5. The van der Waals surface area contributed by atoms with Crippen LogP contribution in [0, 0.1) is 6.92 Å². The average Bonchev–Trinajstić information content (AvgIpc) is 3.59. The smallest absolute Gasteiger partial charge is 0.226 e. The van der Waals surface area contributed by atoms with Gasteiger partial charge in [0.1, 0.15) is 12.1 Å². The Kier molecular flexibility index (Phi) is 4.93. The van der Waals surface area contributed by atoms with Crippen molar-refractivity contribution in [3.63, 3.8) is 0 Å². The summed E-state index contributed by atoms with van der Waals surface area (Å²) >= 11 is 0. The third-order valence-electron chi connectivity index (χ3n) is 6.66. The minimum Gasteiger partial charge on any atom is -0.493 e. The maximum absolute atomic E-state index is 12.9. The second-order valence-electron chi connectivity index (χ2n) is 8.79. The number of hydrogen-bond acceptors (Lipinski definition) is 7. The summed E-state index contributed by atoms with van der Waals surface area (Å²) in [6.45, 7) is 1.95. The van der Waals surface area contributed by atoms with Crippen LogP contribution in [0.1, 0.15) is 54.8 Å². The first-order valence-corrected chi connectivity index (χ1v) is 11.5. The highest BCUT2D eigenvalue weighted by molar-refractivity contribution is 5.95. The zero-order chi connectivity index (χ0) is 23.2. The molecule has 1 fully saturated rings. The largest absolute Gasteiger partial charge is 0.493 e. The number of amides is 1. The van der Waals surface area contributed by atoms with E-state index in [2.05, 4.69) is 20.6 Å². The highest BCUT2D eigenvalue weighted by Crippen LogP contribution is 2.46. The lowest BCUT2D eigenvalue weighted by atomic mass is 9.85. The average molecular weight is 460 g/mol. The van der Waals surface area contributed by atoms with Crippen LogP contribution in [0.3, 0.4) is 0 Å². The lowest BCUT2D eigenvalue weighted by Gasteiger charge is -2.27. The van der Waals surface area contributed by atoms with Gasteiger partial charge in [0, 0.05) is 23.5 Å².